The number of rotatable bonds is 5. The second kappa shape index (κ2) is 8.80. The number of hydrogen-bond acceptors (Lipinski definition) is 4. The van der Waals surface area contributed by atoms with Crippen molar-refractivity contribution in [2.24, 2.45) is 7.05 Å². The van der Waals surface area contributed by atoms with Crippen molar-refractivity contribution in [3.63, 3.8) is 0 Å². The number of carbonyl (C=O) groups is 1. The minimum Gasteiger partial charge on any atom is -0.317 e. The molecule has 1 aromatic heterocycles. The molecule has 0 saturated carbocycles. The average molecular weight is 350 g/mol. The van der Waals surface area contributed by atoms with Crippen LogP contribution in [0.25, 0.3) is 0 Å². The minimum atomic E-state index is -0.0267. The monoisotopic (exact) mass is 349 g/mol. The van der Waals surface area contributed by atoms with E-state index in [1.807, 2.05) is 37.4 Å². The van der Waals surface area contributed by atoms with Crippen LogP contribution in [0.4, 0.5) is 5.95 Å². The van der Waals surface area contributed by atoms with Gasteiger partial charge in [-0.1, -0.05) is 30.3 Å². The Balaban J connectivity index is 0.00000208. The number of aryl methyl sites for hydroxylation is 2. The Hall–Kier alpha value is -1.92. The van der Waals surface area contributed by atoms with E-state index in [1.54, 1.807) is 4.68 Å². The van der Waals surface area contributed by atoms with E-state index in [1.165, 1.54) is 0 Å². The third kappa shape index (κ3) is 4.79. The number of benzene rings is 1. The van der Waals surface area contributed by atoms with E-state index < -0.39 is 0 Å². The number of anilines is 1. The van der Waals surface area contributed by atoms with Crippen LogP contribution >= 0.6 is 12.4 Å². The largest absolute Gasteiger partial charge is 0.317 e. The van der Waals surface area contributed by atoms with E-state index in [9.17, 15) is 4.79 Å². The van der Waals surface area contributed by atoms with E-state index in [0.29, 0.717) is 18.3 Å². The third-order valence-corrected chi connectivity index (χ3v) is 4.22. The summed E-state index contributed by atoms with van der Waals surface area (Å²) in [5.41, 5.74) is 1.16. The lowest BCUT2D eigenvalue weighted by molar-refractivity contribution is -0.116. The number of halogens is 1. The molecule has 1 fully saturated rings. The quantitative estimate of drug-likeness (QED) is 0.868. The SMILES string of the molecule is Cl.Cn1nc(C2CCNCC2)nc1NC(=O)CCc1ccccc1. The van der Waals surface area contributed by atoms with Crippen molar-refractivity contribution in [3.8, 4) is 0 Å². The molecule has 0 unspecified atom stereocenters. The van der Waals surface area contributed by atoms with E-state index in [-0.39, 0.29) is 18.3 Å². The Bertz CT molecular complexity index is 652. The smallest absolute Gasteiger partial charge is 0.227 e. The number of carbonyl (C=O) groups excluding carboxylic acids is 1. The molecule has 2 aromatic rings. The Labute approximate surface area is 148 Å². The number of hydrogen-bond donors (Lipinski definition) is 2. The predicted molar refractivity (Wildman–Crippen MR) is 96.5 cm³/mol. The van der Waals surface area contributed by atoms with Crippen LogP contribution in [-0.4, -0.2) is 33.8 Å². The fraction of sp³-hybridized carbons (Fsp3) is 0.471. The number of amides is 1. The van der Waals surface area contributed by atoms with Gasteiger partial charge in [0.15, 0.2) is 5.82 Å². The lowest BCUT2D eigenvalue weighted by Crippen LogP contribution is -2.27. The standard InChI is InChI=1S/C17H23N5O.ClH/c1-22-17(20-16(21-22)14-9-11-18-12-10-14)19-15(23)8-7-13-5-3-2-4-6-13;/h2-6,14,18H,7-12H2,1H3,(H,19,20,21,23);1H. The lowest BCUT2D eigenvalue weighted by Gasteiger charge is -2.19. The predicted octanol–water partition coefficient (Wildman–Crippen LogP) is 2.28. The van der Waals surface area contributed by atoms with Gasteiger partial charge in [0.1, 0.15) is 0 Å². The van der Waals surface area contributed by atoms with Gasteiger partial charge in [-0.2, -0.15) is 10.1 Å². The molecule has 3 rings (SSSR count). The number of aromatic nitrogens is 3. The topological polar surface area (TPSA) is 71.8 Å². The number of nitrogens with one attached hydrogen (secondary N) is 2. The molecule has 2 N–H and O–H groups in total. The first kappa shape index (κ1) is 18.4. The highest BCUT2D eigenvalue weighted by Crippen LogP contribution is 2.23. The van der Waals surface area contributed by atoms with Gasteiger partial charge in [-0.3, -0.25) is 10.1 Å². The van der Waals surface area contributed by atoms with E-state index >= 15 is 0 Å². The van der Waals surface area contributed by atoms with Gasteiger partial charge < -0.3 is 5.32 Å². The van der Waals surface area contributed by atoms with E-state index in [4.69, 9.17) is 0 Å². The first-order valence-corrected chi connectivity index (χ1v) is 8.18. The molecule has 0 aliphatic carbocycles. The zero-order valence-corrected chi connectivity index (χ0v) is 14.7. The Morgan fingerprint density at radius 3 is 2.71 bits per heavy atom. The highest BCUT2D eigenvalue weighted by Gasteiger charge is 2.21. The van der Waals surface area contributed by atoms with Crippen molar-refractivity contribution in [1.29, 1.82) is 0 Å². The fourth-order valence-corrected chi connectivity index (χ4v) is 2.86. The summed E-state index contributed by atoms with van der Waals surface area (Å²) in [6, 6.07) is 10.0. The summed E-state index contributed by atoms with van der Waals surface area (Å²) < 4.78 is 1.66. The molecular formula is C17H24ClN5O. The molecule has 1 aliphatic rings. The van der Waals surface area contributed by atoms with E-state index in [0.717, 1.165) is 43.7 Å². The Morgan fingerprint density at radius 1 is 1.29 bits per heavy atom. The molecule has 24 heavy (non-hydrogen) atoms. The molecule has 0 bridgehead atoms. The second-order valence-electron chi connectivity index (χ2n) is 5.98. The summed E-state index contributed by atoms with van der Waals surface area (Å²) in [6.45, 7) is 2.00. The Kier molecular flexibility index (Phi) is 6.75. The van der Waals surface area contributed by atoms with Gasteiger partial charge in [0.05, 0.1) is 0 Å². The maximum Gasteiger partial charge on any atom is 0.227 e. The van der Waals surface area contributed by atoms with Gasteiger partial charge >= 0.3 is 0 Å². The number of piperidine rings is 1. The molecule has 1 aromatic carbocycles. The zero-order chi connectivity index (χ0) is 16.1. The van der Waals surface area contributed by atoms with Crippen molar-refractivity contribution < 1.29 is 4.79 Å². The normalized spacial score (nSPS) is 14.9. The summed E-state index contributed by atoms with van der Waals surface area (Å²) in [4.78, 5) is 16.6. The molecule has 0 radical (unpaired) electrons. The van der Waals surface area contributed by atoms with Crippen LogP contribution in [0.3, 0.4) is 0 Å². The summed E-state index contributed by atoms with van der Waals surface area (Å²) >= 11 is 0. The van der Waals surface area contributed by atoms with Gasteiger partial charge in [0.25, 0.3) is 0 Å². The summed E-state index contributed by atoms with van der Waals surface area (Å²) in [6.07, 6.45) is 3.27. The summed E-state index contributed by atoms with van der Waals surface area (Å²) in [5, 5.41) is 10.7. The van der Waals surface area contributed by atoms with Crippen LogP contribution < -0.4 is 10.6 Å². The van der Waals surface area contributed by atoms with Crippen molar-refractivity contribution in [1.82, 2.24) is 20.1 Å². The van der Waals surface area contributed by atoms with Crippen LogP contribution in [0.5, 0.6) is 0 Å². The highest BCUT2D eigenvalue weighted by molar-refractivity contribution is 5.89. The molecule has 1 amide bonds. The van der Waals surface area contributed by atoms with Crippen LogP contribution in [0.2, 0.25) is 0 Å². The molecule has 7 heteroatoms. The molecule has 130 valence electrons. The zero-order valence-electron chi connectivity index (χ0n) is 13.9. The minimum absolute atomic E-state index is 0. The maximum absolute atomic E-state index is 12.1. The first-order chi connectivity index (χ1) is 11.2. The van der Waals surface area contributed by atoms with Crippen molar-refractivity contribution in [2.45, 2.75) is 31.6 Å². The molecule has 2 heterocycles. The van der Waals surface area contributed by atoms with E-state index in [2.05, 4.69) is 20.7 Å². The van der Waals surface area contributed by atoms with Gasteiger partial charge in [0, 0.05) is 19.4 Å². The van der Waals surface area contributed by atoms with Gasteiger partial charge in [0.2, 0.25) is 11.9 Å². The van der Waals surface area contributed by atoms with Crippen LogP contribution in [0, 0.1) is 0 Å². The Morgan fingerprint density at radius 2 is 2.00 bits per heavy atom. The number of nitrogens with zero attached hydrogens (tertiary/aromatic N) is 3. The first-order valence-electron chi connectivity index (χ1n) is 8.18. The van der Waals surface area contributed by atoms with Crippen molar-refractivity contribution in [3.05, 3.63) is 41.7 Å². The van der Waals surface area contributed by atoms with Gasteiger partial charge in [-0.15, -0.1) is 12.4 Å². The average Bonchev–Trinajstić information content (AvgIpc) is 2.95. The third-order valence-electron chi connectivity index (χ3n) is 4.22. The van der Waals surface area contributed by atoms with Crippen LogP contribution in [-0.2, 0) is 18.3 Å². The highest BCUT2D eigenvalue weighted by atomic mass is 35.5. The molecule has 0 spiro atoms. The summed E-state index contributed by atoms with van der Waals surface area (Å²) in [7, 11) is 1.82. The molecular weight excluding hydrogens is 326 g/mol. The molecule has 1 saturated heterocycles. The second-order valence-corrected chi connectivity index (χ2v) is 5.98. The molecule has 0 atom stereocenters. The maximum atomic E-state index is 12.1. The molecule has 1 aliphatic heterocycles. The van der Waals surface area contributed by atoms with Crippen LogP contribution in [0.15, 0.2) is 30.3 Å². The molecule has 6 nitrogen and oxygen atoms in total. The van der Waals surface area contributed by atoms with Crippen LogP contribution in [0.1, 0.15) is 36.6 Å². The fourth-order valence-electron chi connectivity index (χ4n) is 2.86. The summed E-state index contributed by atoms with van der Waals surface area (Å²) in [5.74, 6) is 1.74. The van der Waals surface area contributed by atoms with Crippen molar-refractivity contribution >= 4 is 24.3 Å². The van der Waals surface area contributed by atoms with Gasteiger partial charge in [-0.25, -0.2) is 4.68 Å². The van der Waals surface area contributed by atoms with Crippen molar-refractivity contribution in [2.75, 3.05) is 18.4 Å². The lowest BCUT2D eigenvalue weighted by atomic mass is 9.98. The van der Waals surface area contributed by atoms with Gasteiger partial charge in [-0.05, 0) is 37.9 Å².